The molecule has 0 atom stereocenters. The van der Waals surface area contributed by atoms with Crippen LogP contribution in [0.15, 0.2) is 90.1 Å². The van der Waals surface area contributed by atoms with Crippen LogP contribution in [0, 0.1) is 6.92 Å². The molecule has 0 amide bonds. The average Bonchev–Trinajstić information content (AvgIpc) is 2.75. The number of aryl methyl sites for hydroxylation is 1. The highest BCUT2D eigenvalue weighted by molar-refractivity contribution is 8.14. The van der Waals surface area contributed by atoms with Crippen LogP contribution in [-0.2, 0) is 0 Å². The lowest BCUT2D eigenvalue weighted by atomic mass is 10.0. The molecule has 0 fully saturated rings. The Morgan fingerprint density at radius 2 is 1.29 bits per heavy atom. The van der Waals surface area contributed by atoms with Crippen molar-refractivity contribution >= 4 is 16.9 Å². The van der Waals surface area contributed by atoms with Crippen molar-refractivity contribution in [3.63, 3.8) is 0 Å². The molecule has 4 rings (SSSR count). The summed E-state index contributed by atoms with van der Waals surface area (Å²) in [6.07, 6.45) is 0. The Bertz CT molecular complexity index is 1100. The number of hydrogen-bond donors (Lipinski definition) is 0. The van der Waals surface area contributed by atoms with Gasteiger partial charge in [0, 0.05) is 16.7 Å². The summed E-state index contributed by atoms with van der Waals surface area (Å²) in [4.78, 5) is 17.3. The van der Waals surface area contributed by atoms with Crippen LogP contribution in [0.1, 0.15) is 15.9 Å². The van der Waals surface area contributed by atoms with Gasteiger partial charge >= 0.3 is 0 Å². The second-order valence-corrected chi connectivity index (χ2v) is 7.22. The zero-order chi connectivity index (χ0) is 19.3. The normalized spacial score (nSPS) is 10.6. The first kappa shape index (κ1) is 18.1. The van der Waals surface area contributed by atoms with Crippen molar-refractivity contribution in [1.82, 2.24) is 15.2 Å². The van der Waals surface area contributed by atoms with Crippen LogP contribution in [0.2, 0.25) is 0 Å². The predicted molar refractivity (Wildman–Crippen MR) is 112 cm³/mol. The van der Waals surface area contributed by atoms with E-state index in [1.165, 1.54) is 0 Å². The average molecular weight is 383 g/mol. The van der Waals surface area contributed by atoms with Crippen molar-refractivity contribution in [2.45, 2.75) is 12.1 Å². The van der Waals surface area contributed by atoms with E-state index in [4.69, 9.17) is 0 Å². The van der Waals surface area contributed by atoms with Crippen molar-refractivity contribution < 1.29 is 4.79 Å². The summed E-state index contributed by atoms with van der Waals surface area (Å²) >= 11 is 0.992. The van der Waals surface area contributed by atoms with E-state index in [1.807, 2.05) is 91.9 Å². The summed E-state index contributed by atoms with van der Waals surface area (Å²) in [5.74, 6) is 0. The lowest BCUT2D eigenvalue weighted by Crippen LogP contribution is -2.02. The van der Waals surface area contributed by atoms with E-state index in [0.717, 1.165) is 28.5 Å². The SMILES string of the molecule is Cc1ccc(C(=O)Sc2nnc(-c3ccccc3)c(-c3ccccc3)n2)cc1. The molecule has 0 unspecified atom stereocenters. The van der Waals surface area contributed by atoms with Crippen LogP contribution in [0.5, 0.6) is 0 Å². The fourth-order valence-electron chi connectivity index (χ4n) is 2.77. The van der Waals surface area contributed by atoms with E-state index in [9.17, 15) is 4.79 Å². The fraction of sp³-hybridized carbons (Fsp3) is 0.0435. The molecule has 0 saturated heterocycles. The van der Waals surface area contributed by atoms with Crippen molar-refractivity contribution in [2.75, 3.05) is 0 Å². The molecule has 0 bridgehead atoms. The number of nitrogens with zero attached hydrogens (tertiary/aromatic N) is 3. The molecule has 0 aliphatic carbocycles. The third-order valence-corrected chi connectivity index (χ3v) is 5.01. The van der Waals surface area contributed by atoms with Gasteiger partial charge in [-0.1, -0.05) is 90.5 Å². The van der Waals surface area contributed by atoms with Gasteiger partial charge in [0.1, 0.15) is 11.4 Å². The molecule has 0 aliphatic heterocycles. The molecule has 5 heteroatoms. The molecule has 1 heterocycles. The van der Waals surface area contributed by atoms with Gasteiger partial charge in [-0.15, -0.1) is 10.2 Å². The fourth-order valence-corrected chi connectivity index (χ4v) is 3.41. The van der Waals surface area contributed by atoms with Gasteiger partial charge in [0.05, 0.1) is 0 Å². The molecule has 0 saturated carbocycles. The minimum absolute atomic E-state index is 0.103. The third-order valence-electron chi connectivity index (χ3n) is 4.23. The lowest BCUT2D eigenvalue weighted by molar-refractivity contribution is 0.108. The molecule has 4 aromatic rings. The van der Waals surface area contributed by atoms with Crippen LogP contribution in [0.25, 0.3) is 22.5 Å². The molecule has 136 valence electrons. The monoisotopic (exact) mass is 383 g/mol. The zero-order valence-corrected chi connectivity index (χ0v) is 16.1. The van der Waals surface area contributed by atoms with Gasteiger partial charge < -0.3 is 0 Å². The largest absolute Gasteiger partial charge is 0.281 e. The topological polar surface area (TPSA) is 55.7 Å². The Hall–Kier alpha value is -3.31. The van der Waals surface area contributed by atoms with Crippen LogP contribution in [0.4, 0.5) is 0 Å². The molecule has 0 radical (unpaired) electrons. The number of carbonyl (C=O) groups is 1. The van der Waals surface area contributed by atoms with E-state index in [-0.39, 0.29) is 5.12 Å². The smallest absolute Gasteiger partial charge is 0.227 e. The van der Waals surface area contributed by atoms with Crippen molar-refractivity contribution in [3.8, 4) is 22.5 Å². The number of benzene rings is 3. The minimum Gasteiger partial charge on any atom is -0.281 e. The number of rotatable bonds is 4. The van der Waals surface area contributed by atoms with Crippen LogP contribution in [-0.4, -0.2) is 20.3 Å². The van der Waals surface area contributed by atoms with Crippen molar-refractivity contribution in [1.29, 1.82) is 0 Å². The zero-order valence-electron chi connectivity index (χ0n) is 15.2. The van der Waals surface area contributed by atoms with Gasteiger partial charge in [-0.05, 0) is 18.7 Å². The molecule has 28 heavy (non-hydrogen) atoms. The van der Waals surface area contributed by atoms with Crippen LogP contribution < -0.4 is 0 Å². The first-order chi connectivity index (χ1) is 13.7. The van der Waals surface area contributed by atoms with E-state index >= 15 is 0 Å². The van der Waals surface area contributed by atoms with E-state index in [0.29, 0.717) is 22.1 Å². The van der Waals surface area contributed by atoms with E-state index in [2.05, 4.69) is 15.2 Å². The number of aromatic nitrogens is 3. The molecular weight excluding hydrogens is 366 g/mol. The second-order valence-electron chi connectivity index (χ2n) is 6.28. The van der Waals surface area contributed by atoms with Gasteiger partial charge in [-0.2, -0.15) is 0 Å². The Labute approximate surface area is 167 Å². The molecule has 0 spiro atoms. The molecule has 4 nitrogen and oxygen atoms in total. The maximum atomic E-state index is 12.6. The summed E-state index contributed by atoms with van der Waals surface area (Å²) in [6.45, 7) is 1.99. The summed E-state index contributed by atoms with van der Waals surface area (Å²) in [5.41, 5.74) is 4.99. The van der Waals surface area contributed by atoms with Gasteiger partial charge in [0.2, 0.25) is 10.3 Å². The first-order valence-electron chi connectivity index (χ1n) is 8.85. The predicted octanol–water partition coefficient (Wildman–Crippen LogP) is 5.45. The van der Waals surface area contributed by atoms with Crippen molar-refractivity contribution in [2.24, 2.45) is 0 Å². The Morgan fingerprint density at radius 3 is 1.89 bits per heavy atom. The number of thioether (sulfide) groups is 1. The molecule has 0 aliphatic rings. The van der Waals surface area contributed by atoms with Gasteiger partial charge in [0.25, 0.3) is 0 Å². The van der Waals surface area contributed by atoms with Gasteiger partial charge in [-0.3, -0.25) is 4.79 Å². The molecule has 3 aromatic carbocycles. The van der Waals surface area contributed by atoms with Crippen LogP contribution in [0.3, 0.4) is 0 Å². The Kier molecular flexibility index (Phi) is 5.26. The Balaban J connectivity index is 1.72. The highest BCUT2D eigenvalue weighted by atomic mass is 32.2. The van der Waals surface area contributed by atoms with Gasteiger partial charge in [-0.25, -0.2) is 4.98 Å². The minimum atomic E-state index is -0.103. The summed E-state index contributed by atoms with van der Waals surface area (Å²) < 4.78 is 0. The quantitative estimate of drug-likeness (QED) is 0.439. The maximum Gasteiger partial charge on any atom is 0.227 e. The summed E-state index contributed by atoms with van der Waals surface area (Å²) in [7, 11) is 0. The molecular formula is C23H17N3OS. The number of carbonyl (C=O) groups excluding carboxylic acids is 1. The van der Waals surface area contributed by atoms with Crippen molar-refractivity contribution in [3.05, 3.63) is 96.1 Å². The maximum absolute atomic E-state index is 12.6. The van der Waals surface area contributed by atoms with Gasteiger partial charge in [0.15, 0.2) is 0 Å². The molecule has 1 aromatic heterocycles. The lowest BCUT2D eigenvalue weighted by Gasteiger charge is -2.09. The van der Waals surface area contributed by atoms with E-state index in [1.54, 1.807) is 0 Å². The van der Waals surface area contributed by atoms with E-state index < -0.39 is 0 Å². The number of hydrogen-bond acceptors (Lipinski definition) is 5. The highest BCUT2D eigenvalue weighted by Gasteiger charge is 2.16. The third kappa shape index (κ3) is 4.00. The standard InChI is InChI=1S/C23H17N3OS/c1-16-12-14-19(15-13-16)22(27)28-23-24-20(17-8-4-2-5-9-17)21(25-26-23)18-10-6-3-7-11-18/h2-15H,1H3. The Morgan fingerprint density at radius 1 is 0.714 bits per heavy atom. The molecule has 0 N–H and O–H groups in total. The van der Waals surface area contributed by atoms with Crippen LogP contribution >= 0.6 is 11.8 Å². The highest BCUT2D eigenvalue weighted by Crippen LogP contribution is 2.30. The summed E-state index contributed by atoms with van der Waals surface area (Å²) in [6, 6.07) is 27.1. The first-order valence-corrected chi connectivity index (χ1v) is 9.67. The summed E-state index contributed by atoms with van der Waals surface area (Å²) in [5, 5.41) is 8.84. The second kappa shape index (κ2) is 8.15.